The van der Waals surface area contributed by atoms with Gasteiger partial charge in [-0.05, 0) is 24.3 Å². The molecule has 0 spiro atoms. The number of halogens is 2. The first-order valence-corrected chi connectivity index (χ1v) is 9.94. The third-order valence-electron chi connectivity index (χ3n) is 4.21. The summed E-state index contributed by atoms with van der Waals surface area (Å²) in [5, 5.41) is 12.2. The first-order chi connectivity index (χ1) is 14.5. The van der Waals surface area contributed by atoms with Crippen molar-refractivity contribution in [1.29, 1.82) is 0 Å². The number of hydrogen-bond donors (Lipinski definition) is 1. The Hall–Kier alpha value is -3.46. The van der Waals surface area contributed by atoms with Crippen LogP contribution in [-0.4, -0.2) is 26.4 Å². The van der Waals surface area contributed by atoms with Crippen LogP contribution < -0.4 is 5.32 Å². The minimum Gasteiger partial charge on any atom is -0.453 e. The number of furan rings is 1. The number of carbonyl (C=O) groups is 1. The average Bonchev–Trinajstić information content (AvgIpc) is 3.32. The van der Waals surface area contributed by atoms with E-state index in [1.807, 2.05) is 30.3 Å². The molecular formula is C21H16F2N4O2S. The molecule has 1 amide bonds. The highest BCUT2D eigenvalue weighted by atomic mass is 32.2. The van der Waals surface area contributed by atoms with E-state index in [0.717, 1.165) is 28.8 Å². The second kappa shape index (κ2) is 8.50. The van der Waals surface area contributed by atoms with Crippen molar-refractivity contribution in [2.24, 2.45) is 0 Å². The summed E-state index contributed by atoms with van der Waals surface area (Å²) in [5.41, 5.74) is 0.646. The van der Waals surface area contributed by atoms with Gasteiger partial charge in [0, 0.05) is 18.0 Å². The van der Waals surface area contributed by atoms with E-state index in [0.29, 0.717) is 29.4 Å². The van der Waals surface area contributed by atoms with Gasteiger partial charge in [0.05, 0.1) is 11.4 Å². The van der Waals surface area contributed by atoms with Crippen LogP contribution >= 0.6 is 11.8 Å². The van der Waals surface area contributed by atoms with Gasteiger partial charge in [0.25, 0.3) is 0 Å². The molecule has 0 saturated carbocycles. The molecule has 0 aliphatic rings. The lowest BCUT2D eigenvalue weighted by atomic mass is 10.2. The molecule has 0 unspecified atom stereocenters. The number of allylic oxidation sites excluding steroid dienone is 1. The number of nitrogens with zero attached hydrogens (tertiary/aromatic N) is 3. The van der Waals surface area contributed by atoms with E-state index < -0.39 is 17.5 Å². The predicted octanol–water partition coefficient (Wildman–Crippen LogP) is 4.89. The van der Waals surface area contributed by atoms with Crippen molar-refractivity contribution >= 4 is 34.3 Å². The Balaban J connectivity index is 1.51. The predicted molar refractivity (Wildman–Crippen MR) is 111 cm³/mol. The summed E-state index contributed by atoms with van der Waals surface area (Å²) in [6, 6.07) is 12.4. The van der Waals surface area contributed by atoms with Crippen LogP contribution in [-0.2, 0) is 11.3 Å². The maximum atomic E-state index is 13.7. The third-order valence-corrected chi connectivity index (χ3v) is 5.18. The van der Waals surface area contributed by atoms with Crippen LogP contribution in [0.15, 0.2) is 70.8 Å². The molecule has 4 aromatic rings. The lowest BCUT2D eigenvalue weighted by Crippen LogP contribution is -2.15. The number of aromatic nitrogens is 3. The molecule has 6 nitrogen and oxygen atoms in total. The van der Waals surface area contributed by atoms with Gasteiger partial charge in [-0.3, -0.25) is 9.36 Å². The summed E-state index contributed by atoms with van der Waals surface area (Å²) in [6.45, 7) is 4.17. The van der Waals surface area contributed by atoms with E-state index in [1.54, 1.807) is 10.6 Å². The average molecular weight is 426 g/mol. The first-order valence-electron chi connectivity index (χ1n) is 8.96. The quantitative estimate of drug-likeness (QED) is 0.337. The van der Waals surface area contributed by atoms with Crippen LogP contribution in [0, 0.1) is 11.6 Å². The molecule has 1 N–H and O–H groups in total. The number of amides is 1. The normalized spacial score (nSPS) is 11.0. The minimum absolute atomic E-state index is 0.0355. The van der Waals surface area contributed by atoms with Gasteiger partial charge in [-0.25, -0.2) is 8.78 Å². The maximum Gasteiger partial charge on any atom is 0.234 e. The number of fused-ring (bicyclic) bond motifs is 1. The zero-order chi connectivity index (χ0) is 21.1. The van der Waals surface area contributed by atoms with Gasteiger partial charge >= 0.3 is 0 Å². The Morgan fingerprint density at radius 1 is 1.20 bits per heavy atom. The summed E-state index contributed by atoms with van der Waals surface area (Å²) in [6.07, 6.45) is 1.69. The number of benzene rings is 2. The third kappa shape index (κ3) is 4.11. The number of thioether (sulfide) groups is 1. The standard InChI is InChI=1S/C21H16F2N4O2S/c1-2-9-27-20(18-10-13-5-3-4-6-17(13)29-18)25-26-21(27)30-12-19(28)24-16-8-7-14(22)11-15(16)23/h2-8,10-11H,1,9,12H2,(H,24,28). The van der Waals surface area contributed by atoms with Gasteiger partial charge in [0.15, 0.2) is 10.9 Å². The number of carbonyl (C=O) groups excluding carboxylic acids is 1. The molecule has 0 aliphatic heterocycles. The van der Waals surface area contributed by atoms with E-state index >= 15 is 0 Å². The molecule has 2 heterocycles. The minimum atomic E-state index is -0.838. The van der Waals surface area contributed by atoms with E-state index in [4.69, 9.17) is 4.42 Å². The lowest BCUT2D eigenvalue weighted by molar-refractivity contribution is -0.113. The summed E-state index contributed by atoms with van der Waals surface area (Å²) < 4.78 is 34.3. The van der Waals surface area contributed by atoms with Crippen molar-refractivity contribution in [1.82, 2.24) is 14.8 Å². The second-order valence-electron chi connectivity index (χ2n) is 6.31. The van der Waals surface area contributed by atoms with Crippen LogP contribution in [0.4, 0.5) is 14.5 Å². The molecule has 0 aliphatic carbocycles. The molecule has 0 radical (unpaired) electrons. The summed E-state index contributed by atoms with van der Waals surface area (Å²) in [5.74, 6) is -0.977. The van der Waals surface area contributed by atoms with E-state index in [1.165, 1.54) is 6.07 Å². The number of nitrogens with one attached hydrogen (secondary N) is 1. The smallest absolute Gasteiger partial charge is 0.234 e. The zero-order valence-corrected chi connectivity index (χ0v) is 16.5. The molecule has 152 valence electrons. The van der Waals surface area contributed by atoms with Gasteiger partial charge in [-0.15, -0.1) is 16.8 Å². The SMILES string of the molecule is C=CCn1c(SCC(=O)Nc2ccc(F)cc2F)nnc1-c1cc2ccccc2o1. The molecule has 4 rings (SSSR count). The Morgan fingerprint density at radius 2 is 2.03 bits per heavy atom. The molecule has 0 fully saturated rings. The van der Waals surface area contributed by atoms with Crippen molar-refractivity contribution in [2.45, 2.75) is 11.7 Å². The van der Waals surface area contributed by atoms with E-state index in [2.05, 4.69) is 22.1 Å². The maximum absolute atomic E-state index is 13.7. The highest BCUT2D eigenvalue weighted by molar-refractivity contribution is 7.99. The molecule has 30 heavy (non-hydrogen) atoms. The van der Waals surface area contributed by atoms with Crippen molar-refractivity contribution in [2.75, 3.05) is 11.1 Å². The van der Waals surface area contributed by atoms with Gasteiger partial charge in [0.1, 0.15) is 17.2 Å². The van der Waals surface area contributed by atoms with Crippen molar-refractivity contribution in [3.05, 3.63) is 72.8 Å². The Labute approximate surface area is 174 Å². The number of anilines is 1. The van der Waals surface area contributed by atoms with Crippen molar-refractivity contribution in [3.63, 3.8) is 0 Å². The van der Waals surface area contributed by atoms with Crippen molar-refractivity contribution in [3.8, 4) is 11.6 Å². The van der Waals surface area contributed by atoms with Gasteiger partial charge in [-0.1, -0.05) is 36.0 Å². The first kappa shape index (κ1) is 19.8. The highest BCUT2D eigenvalue weighted by Gasteiger charge is 2.18. The van der Waals surface area contributed by atoms with E-state index in [-0.39, 0.29) is 11.4 Å². The Bertz CT molecular complexity index is 1200. The largest absolute Gasteiger partial charge is 0.453 e. The van der Waals surface area contributed by atoms with Gasteiger partial charge in [0.2, 0.25) is 11.7 Å². The summed E-state index contributed by atoms with van der Waals surface area (Å²) in [7, 11) is 0. The summed E-state index contributed by atoms with van der Waals surface area (Å²) >= 11 is 1.14. The van der Waals surface area contributed by atoms with E-state index in [9.17, 15) is 13.6 Å². The van der Waals surface area contributed by atoms with Gasteiger partial charge in [-0.2, -0.15) is 0 Å². The fraction of sp³-hybridized carbons (Fsp3) is 0.0952. The topological polar surface area (TPSA) is 73.0 Å². The summed E-state index contributed by atoms with van der Waals surface area (Å²) in [4.78, 5) is 12.2. The molecule has 0 saturated heterocycles. The number of para-hydroxylation sites is 1. The Morgan fingerprint density at radius 3 is 2.80 bits per heavy atom. The van der Waals surface area contributed by atoms with Gasteiger partial charge < -0.3 is 9.73 Å². The number of hydrogen-bond acceptors (Lipinski definition) is 5. The monoisotopic (exact) mass is 426 g/mol. The molecule has 2 aromatic heterocycles. The van der Waals surface area contributed by atoms with Crippen LogP contribution in [0.2, 0.25) is 0 Å². The zero-order valence-electron chi connectivity index (χ0n) is 15.6. The molecule has 2 aromatic carbocycles. The Kier molecular flexibility index (Phi) is 5.62. The van der Waals surface area contributed by atoms with Crippen molar-refractivity contribution < 1.29 is 18.0 Å². The molecular weight excluding hydrogens is 410 g/mol. The fourth-order valence-electron chi connectivity index (χ4n) is 2.87. The lowest BCUT2D eigenvalue weighted by Gasteiger charge is -2.08. The number of rotatable bonds is 7. The fourth-order valence-corrected chi connectivity index (χ4v) is 3.62. The van der Waals surface area contributed by atoms with Crippen LogP contribution in [0.25, 0.3) is 22.6 Å². The molecule has 9 heteroatoms. The molecule has 0 atom stereocenters. The van der Waals surface area contributed by atoms with Crippen LogP contribution in [0.3, 0.4) is 0 Å². The second-order valence-corrected chi connectivity index (χ2v) is 7.26. The van der Waals surface area contributed by atoms with Crippen LogP contribution in [0.1, 0.15) is 0 Å². The highest BCUT2D eigenvalue weighted by Crippen LogP contribution is 2.29. The molecule has 0 bridgehead atoms. The van der Waals surface area contributed by atoms with Crippen LogP contribution in [0.5, 0.6) is 0 Å².